The van der Waals surface area contributed by atoms with Crippen LogP contribution in [0.5, 0.6) is 11.6 Å². The standard InChI is InChI=1S/C34H47ClN10O4/c1-22(46-5)12-13-47-33-31(20-45(40-33)29-9-7-28(8-10-29)43-17-23(2)48-24(3)18-43)39-34-36-15-27(16-37-34)26-6-11-30(35)32(14-26)49-25(4)19-44-21-38-41-42-44/h6,11,14-16,20-25,28-29H,7-10,12-13,17-19H2,1-5H3,(H,36,37,39)/t22?,23-,24+,25-,28-,29-/m0/s1. The molecule has 1 aliphatic carbocycles. The van der Waals surface area contributed by atoms with Gasteiger partial charge in [0.15, 0.2) is 0 Å². The maximum absolute atomic E-state index is 6.47. The fraction of sp³-hybridized carbons (Fsp3) is 0.588. The predicted molar refractivity (Wildman–Crippen MR) is 185 cm³/mol. The second-order valence-electron chi connectivity index (χ2n) is 13.2. The molecule has 0 radical (unpaired) electrons. The van der Waals surface area contributed by atoms with Crippen molar-refractivity contribution in [3.05, 3.63) is 48.1 Å². The molecule has 1 saturated carbocycles. The Morgan fingerprint density at radius 1 is 1.00 bits per heavy atom. The van der Waals surface area contributed by atoms with Gasteiger partial charge in [-0.25, -0.2) is 14.6 Å². The zero-order chi connectivity index (χ0) is 34.3. The van der Waals surface area contributed by atoms with Crippen molar-refractivity contribution in [3.63, 3.8) is 0 Å². The molecule has 1 unspecified atom stereocenters. The maximum Gasteiger partial charge on any atom is 0.256 e. The molecule has 2 fully saturated rings. The number of nitrogens with zero attached hydrogens (tertiary/aromatic N) is 9. The number of hydrogen-bond acceptors (Lipinski definition) is 12. The quantitative estimate of drug-likeness (QED) is 0.176. The topological polar surface area (TPSA) is 139 Å². The Morgan fingerprint density at radius 2 is 1.73 bits per heavy atom. The van der Waals surface area contributed by atoms with Gasteiger partial charge in [-0.1, -0.05) is 17.7 Å². The number of aromatic nitrogens is 8. The van der Waals surface area contributed by atoms with Gasteiger partial charge in [0, 0.05) is 50.6 Å². The summed E-state index contributed by atoms with van der Waals surface area (Å²) in [5.41, 5.74) is 2.43. The second-order valence-corrected chi connectivity index (χ2v) is 13.6. The van der Waals surface area contributed by atoms with Crippen LogP contribution in [0, 0.1) is 0 Å². The van der Waals surface area contributed by atoms with Gasteiger partial charge < -0.3 is 24.3 Å². The van der Waals surface area contributed by atoms with Crippen molar-refractivity contribution in [2.75, 3.05) is 32.1 Å². The summed E-state index contributed by atoms with van der Waals surface area (Å²) in [5.74, 6) is 1.53. The Balaban J connectivity index is 1.12. The summed E-state index contributed by atoms with van der Waals surface area (Å²) in [5, 5.41) is 20.0. The van der Waals surface area contributed by atoms with Gasteiger partial charge in [-0.2, -0.15) is 0 Å². The molecule has 4 heterocycles. The molecule has 0 bridgehead atoms. The first-order valence-corrected chi connectivity index (χ1v) is 17.5. The zero-order valence-corrected chi connectivity index (χ0v) is 29.7. The minimum absolute atomic E-state index is 0.0864. The number of ether oxygens (including phenoxy) is 4. The number of anilines is 2. The van der Waals surface area contributed by atoms with Crippen molar-refractivity contribution in [3.8, 4) is 22.8 Å². The first-order valence-electron chi connectivity index (χ1n) is 17.1. The van der Waals surface area contributed by atoms with Crippen LogP contribution >= 0.6 is 11.6 Å². The molecule has 15 heteroatoms. The molecule has 14 nitrogen and oxygen atoms in total. The third-order valence-electron chi connectivity index (χ3n) is 9.19. The lowest BCUT2D eigenvalue weighted by Crippen LogP contribution is -2.51. The van der Waals surface area contributed by atoms with Crippen LogP contribution in [0.1, 0.15) is 65.8 Å². The Hall–Kier alpha value is -3.85. The van der Waals surface area contributed by atoms with E-state index in [0.29, 0.717) is 47.8 Å². The molecule has 0 spiro atoms. The van der Waals surface area contributed by atoms with Crippen molar-refractivity contribution in [1.82, 2.24) is 44.9 Å². The van der Waals surface area contributed by atoms with Crippen molar-refractivity contribution < 1.29 is 18.9 Å². The van der Waals surface area contributed by atoms with E-state index in [2.05, 4.69) is 54.2 Å². The molecule has 6 rings (SSSR count). The zero-order valence-electron chi connectivity index (χ0n) is 28.9. The molecule has 49 heavy (non-hydrogen) atoms. The molecule has 1 aliphatic heterocycles. The summed E-state index contributed by atoms with van der Waals surface area (Å²) in [7, 11) is 1.71. The Labute approximate surface area is 292 Å². The van der Waals surface area contributed by atoms with E-state index >= 15 is 0 Å². The van der Waals surface area contributed by atoms with E-state index in [1.807, 2.05) is 32.2 Å². The van der Waals surface area contributed by atoms with E-state index in [0.717, 1.165) is 62.0 Å². The predicted octanol–water partition coefficient (Wildman–Crippen LogP) is 5.59. The van der Waals surface area contributed by atoms with Gasteiger partial charge in [-0.15, -0.1) is 10.2 Å². The Kier molecular flexibility index (Phi) is 11.6. The highest BCUT2D eigenvalue weighted by molar-refractivity contribution is 6.32. The highest BCUT2D eigenvalue weighted by Crippen LogP contribution is 2.36. The van der Waals surface area contributed by atoms with E-state index in [-0.39, 0.29) is 24.4 Å². The maximum atomic E-state index is 6.47. The number of morpholine rings is 1. The van der Waals surface area contributed by atoms with Crippen LogP contribution in [0.25, 0.3) is 11.1 Å². The third kappa shape index (κ3) is 9.24. The number of rotatable bonds is 14. The van der Waals surface area contributed by atoms with Crippen molar-refractivity contribution in [2.24, 2.45) is 0 Å². The smallest absolute Gasteiger partial charge is 0.256 e. The largest absolute Gasteiger partial charge is 0.487 e. The average molecular weight is 695 g/mol. The van der Waals surface area contributed by atoms with Crippen LogP contribution in [0.2, 0.25) is 5.02 Å². The van der Waals surface area contributed by atoms with E-state index in [1.165, 1.54) is 0 Å². The monoisotopic (exact) mass is 694 g/mol. The summed E-state index contributed by atoms with van der Waals surface area (Å²) >= 11 is 6.47. The number of benzene rings is 1. The van der Waals surface area contributed by atoms with E-state index in [1.54, 1.807) is 36.6 Å². The van der Waals surface area contributed by atoms with Crippen LogP contribution in [-0.2, 0) is 16.0 Å². The van der Waals surface area contributed by atoms with E-state index in [9.17, 15) is 0 Å². The minimum atomic E-state index is -0.207. The number of nitrogens with one attached hydrogen (secondary N) is 1. The lowest BCUT2D eigenvalue weighted by atomic mass is 9.89. The number of methoxy groups -OCH3 is 1. The molecule has 1 aromatic carbocycles. The molecule has 4 aromatic rings. The van der Waals surface area contributed by atoms with Gasteiger partial charge in [-0.05, 0) is 81.5 Å². The van der Waals surface area contributed by atoms with Crippen LogP contribution in [0.3, 0.4) is 0 Å². The van der Waals surface area contributed by atoms with Crippen LogP contribution < -0.4 is 14.8 Å². The van der Waals surface area contributed by atoms with Crippen molar-refractivity contribution in [1.29, 1.82) is 0 Å². The van der Waals surface area contributed by atoms with Gasteiger partial charge >= 0.3 is 0 Å². The molecule has 1 saturated heterocycles. The minimum Gasteiger partial charge on any atom is -0.487 e. The van der Waals surface area contributed by atoms with Gasteiger partial charge in [0.05, 0.1) is 48.7 Å². The molecule has 0 amide bonds. The molecular weight excluding hydrogens is 648 g/mol. The summed E-state index contributed by atoms with van der Waals surface area (Å²) in [6.45, 7) is 11.3. The van der Waals surface area contributed by atoms with Gasteiger partial charge in [-0.3, -0.25) is 9.58 Å². The highest BCUT2D eigenvalue weighted by atomic mass is 35.5. The van der Waals surface area contributed by atoms with Gasteiger partial charge in [0.1, 0.15) is 23.9 Å². The fourth-order valence-electron chi connectivity index (χ4n) is 6.61. The molecule has 264 valence electrons. The summed E-state index contributed by atoms with van der Waals surface area (Å²) in [6.07, 6.45) is 12.7. The van der Waals surface area contributed by atoms with E-state index in [4.69, 9.17) is 35.6 Å². The SMILES string of the molecule is COC(C)CCOc1nn([C@H]2CC[C@H](N3C[C@@H](C)O[C@@H](C)C3)CC2)cc1Nc1ncc(-c2ccc(Cl)c(O[C@@H](C)Cn3cnnn3)c2)cn1. The molecule has 2 aliphatic rings. The summed E-state index contributed by atoms with van der Waals surface area (Å²) in [6, 6.07) is 6.48. The highest BCUT2D eigenvalue weighted by Gasteiger charge is 2.32. The van der Waals surface area contributed by atoms with Gasteiger partial charge in [0.25, 0.3) is 5.88 Å². The van der Waals surface area contributed by atoms with Crippen LogP contribution in [0.15, 0.2) is 43.1 Å². The number of hydrogen-bond donors (Lipinski definition) is 1. The van der Waals surface area contributed by atoms with Crippen molar-refractivity contribution >= 4 is 23.2 Å². The first-order chi connectivity index (χ1) is 23.7. The Morgan fingerprint density at radius 3 is 2.43 bits per heavy atom. The van der Waals surface area contributed by atoms with Crippen LogP contribution in [0.4, 0.5) is 11.6 Å². The summed E-state index contributed by atoms with van der Waals surface area (Å²) < 4.78 is 27.3. The van der Waals surface area contributed by atoms with E-state index < -0.39 is 0 Å². The van der Waals surface area contributed by atoms with Crippen molar-refractivity contribution in [2.45, 2.75) is 103 Å². The average Bonchev–Trinajstić information content (AvgIpc) is 3.75. The third-order valence-corrected chi connectivity index (χ3v) is 9.51. The molecule has 1 N–H and O–H groups in total. The lowest BCUT2D eigenvalue weighted by Gasteiger charge is -2.42. The molecule has 4 atom stereocenters. The first kappa shape index (κ1) is 35.0. The molecule has 3 aromatic heterocycles. The molecular formula is C34H47ClN10O4. The number of halogens is 1. The van der Waals surface area contributed by atoms with Gasteiger partial charge in [0.2, 0.25) is 5.95 Å². The Bertz CT molecular complexity index is 1600. The fourth-order valence-corrected chi connectivity index (χ4v) is 6.78. The second kappa shape index (κ2) is 16.2. The lowest BCUT2D eigenvalue weighted by molar-refractivity contribution is -0.0852. The number of tetrazole rings is 1. The van der Waals surface area contributed by atoms with Crippen LogP contribution in [-0.4, -0.2) is 102 Å². The summed E-state index contributed by atoms with van der Waals surface area (Å²) in [4.78, 5) is 11.9. The normalized spacial score (nSPS) is 22.8.